The molecule has 4 rings (SSSR count). The average molecular weight is 482 g/mol. The first-order valence-corrected chi connectivity index (χ1v) is 11.8. The third kappa shape index (κ3) is 5.07. The van der Waals surface area contributed by atoms with Crippen LogP contribution in [0.3, 0.4) is 0 Å². The molecular weight excluding hydrogens is 458 g/mol. The van der Waals surface area contributed by atoms with Crippen molar-refractivity contribution in [1.29, 1.82) is 0 Å². The van der Waals surface area contributed by atoms with Crippen LogP contribution < -0.4 is 29.8 Å². The number of hydrogen-bond acceptors (Lipinski definition) is 7. The average Bonchev–Trinajstić information content (AvgIpc) is 2.87. The molecule has 1 aliphatic heterocycles. The monoisotopic (exact) mass is 481 g/mol. The Labute approximate surface area is 197 Å². The van der Waals surface area contributed by atoms with Gasteiger partial charge in [0.2, 0.25) is 0 Å². The number of carbonyl (C=O) groups is 1. The molecule has 9 nitrogen and oxygen atoms in total. The zero-order chi connectivity index (χ0) is 24.1. The van der Waals surface area contributed by atoms with Gasteiger partial charge in [-0.05, 0) is 48.5 Å². The van der Waals surface area contributed by atoms with Crippen molar-refractivity contribution in [3.05, 3.63) is 84.4 Å². The molecule has 0 saturated heterocycles. The Morgan fingerprint density at radius 1 is 0.912 bits per heavy atom. The zero-order valence-corrected chi connectivity index (χ0v) is 19.1. The predicted molar refractivity (Wildman–Crippen MR) is 127 cm³/mol. The number of para-hydroxylation sites is 2. The maximum absolute atomic E-state index is 12.9. The number of nitrogens with one attached hydrogen (secondary N) is 3. The van der Waals surface area contributed by atoms with Crippen LogP contribution in [0.1, 0.15) is 15.9 Å². The van der Waals surface area contributed by atoms with E-state index in [9.17, 15) is 13.2 Å². The number of fused-ring (bicyclic) bond motifs is 1. The molecule has 0 aliphatic carbocycles. The Morgan fingerprint density at radius 2 is 1.68 bits per heavy atom. The molecule has 0 saturated carbocycles. The van der Waals surface area contributed by atoms with Crippen molar-refractivity contribution >= 4 is 27.3 Å². The van der Waals surface area contributed by atoms with Crippen molar-refractivity contribution in [2.75, 3.05) is 25.0 Å². The Bertz CT molecular complexity index is 1340. The molecule has 0 unspecified atom stereocenters. The van der Waals surface area contributed by atoms with Crippen LogP contribution in [-0.4, -0.2) is 34.6 Å². The van der Waals surface area contributed by atoms with Gasteiger partial charge in [-0.3, -0.25) is 20.4 Å². The highest BCUT2D eigenvalue weighted by Crippen LogP contribution is 2.32. The van der Waals surface area contributed by atoms with E-state index in [1.54, 1.807) is 42.5 Å². The summed E-state index contributed by atoms with van der Waals surface area (Å²) in [6.07, 6.45) is 0. The standard InChI is InChI=1S/C24H23N3O6S/c1-16(17-10-11-22-23(15-17)33-13-12-32-22)25-26-24(28)18-6-5-7-19(14-18)34(29,30)27-20-8-3-4-9-21(20)31-2/h3-11,14-15,25,27H,1,12-13H2,2H3,(H,26,28). The molecule has 0 bridgehead atoms. The first kappa shape index (κ1) is 23.0. The second kappa shape index (κ2) is 9.75. The number of carbonyl (C=O) groups excluding carboxylic acids is 1. The van der Waals surface area contributed by atoms with E-state index in [4.69, 9.17) is 14.2 Å². The van der Waals surface area contributed by atoms with Gasteiger partial charge >= 0.3 is 0 Å². The van der Waals surface area contributed by atoms with Crippen LogP contribution >= 0.6 is 0 Å². The Morgan fingerprint density at radius 3 is 2.47 bits per heavy atom. The van der Waals surface area contributed by atoms with Gasteiger partial charge in [-0.25, -0.2) is 8.42 Å². The van der Waals surface area contributed by atoms with Gasteiger partial charge in [-0.2, -0.15) is 0 Å². The highest BCUT2D eigenvalue weighted by atomic mass is 32.2. The summed E-state index contributed by atoms with van der Waals surface area (Å²) in [5.74, 6) is 1.08. The van der Waals surface area contributed by atoms with Crippen molar-refractivity contribution in [3.63, 3.8) is 0 Å². The second-order valence-corrected chi connectivity index (χ2v) is 8.93. The molecule has 3 aromatic rings. The van der Waals surface area contributed by atoms with Gasteiger partial charge < -0.3 is 14.2 Å². The van der Waals surface area contributed by atoms with Crippen LogP contribution in [0.4, 0.5) is 5.69 Å². The van der Waals surface area contributed by atoms with Crippen LogP contribution in [0.25, 0.3) is 5.70 Å². The predicted octanol–water partition coefficient (Wildman–Crippen LogP) is 3.17. The molecule has 1 amide bonds. The fourth-order valence-electron chi connectivity index (χ4n) is 3.24. The number of anilines is 1. The molecule has 0 fully saturated rings. The lowest BCUT2D eigenvalue weighted by Gasteiger charge is -2.19. The van der Waals surface area contributed by atoms with E-state index >= 15 is 0 Å². The Hall–Kier alpha value is -4.18. The first-order valence-electron chi connectivity index (χ1n) is 10.3. The topological polar surface area (TPSA) is 115 Å². The summed E-state index contributed by atoms with van der Waals surface area (Å²) < 4.78 is 44.5. The number of hydrazine groups is 1. The normalized spacial score (nSPS) is 12.4. The smallest absolute Gasteiger partial charge is 0.269 e. The molecule has 3 N–H and O–H groups in total. The van der Waals surface area contributed by atoms with Gasteiger partial charge in [-0.15, -0.1) is 0 Å². The molecule has 176 valence electrons. The number of methoxy groups -OCH3 is 1. The molecule has 10 heteroatoms. The number of rotatable bonds is 8. The van der Waals surface area contributed by atoms with Crippen molar-refractivity contribution in [1.82, 2.24) is 10.9 Å². The minimum absolute atomic E-state index is 0.0725. The number of amides is 1. The van der Waals surface area contributed by atoms with E-state index in [1.807, 2.05) is 0 Å². The molecule has 0 atom stereocenters. The molecule has 0 aromatic heterocycles. The van der Waals surface area contributed by atoms with Crippen molar-refractivity contribution in [3.8, 4) is 17.2 Å². The third-order valence-corrected chi connectivity index (χ3v) is 6.34. The fraction of sp³-hybridized carbons (Fsp3) is 0.125. The SMILES string of the molecule is C=C(NNC(=O)c1cccc(S(=O)(=O)Nc2ccccc2OC)c1)c1ccc2c(c1)OCCO2. The van der Waals surface area contributed by atoms with Gasteiger partial charge in [0, 0.05) is 11.1 Å². The van der Waals surface area contributed by atoms with Gasteiger partial charge in [-0.1, -0.05) is 24.8 Å². The van der Waals surface area contributed by atoms with Crippen molar-refractivity contribution in [2.45, 2.75) is 4.90 Å². The van der Waals surface area contributed by atoms with E-state index in [0.717, 1.165) is 0 Å². The van der Waals surface area contributed by atoms with Crippen molar-refractivity contribution < 1.29 is 27.4 Å². The Kier molecular flexibility index (Phi) is 6.60. The summed E-state index contributed by atoms with van der Waals surface area (Å²) in [4.78, 5) is 12.6. The number of ether oxygens (including phenoxy) is 3. The summed E-state index contributed by atoms with van der Waals surface area (Å²) in [6.45, 7) is 4.87. The van der Waals surface area contributed by atoms with E-state index in [2.05, 4.69) is 22.2 Å². The van der Waals surface area contributed by atoms with E-state index < -0.39 is 15.9 Å². The molecule has 34 heavy (non-hydrogen) atoms. The summed E-state index contributed by atoms with van der Waals surface area (Å²) in [5, 5.41) is 0. The number of sulfonamides is 1. The lowest BCUT2D eigenvalue weighted by molar-refractivity contribution is 0.0942. The molecule has 1 aliphatic rings. The summed E-state index contributed by atoms with van der Waals surface area (Å²) in [5.41, 5.74) is 6.83. The summed E-state index contributed by atoms with van der Waals surface area (Å²) in [6, 6.07) is 17.6. The third-order valence-electron chi connectivity index (χ3n) is 4.98. The van der Waals surface area contributed by atoms with Gasteiger partial charge in [0.1, 0.15) is 19.0 Å². The van der Waals surface area contributed by atoms with E-state index in [-0.39, 0.29) is 16.1 Å². The van der Waals surface area contributed by atoms with Crippen LogP contribution in [0.5, 0.6) is 17.2 Å². The maximum atomic E-state index is 12.9. The Balaban J connectivity index is 1.44. The van der Waals surface area contributed by atoms with Crippen LogP contribution in [0, 0.1) is 0 Å². The van der Waals surface area contributed by atoms with E-state index in [0.29, 0.717) is 41.7 Å². The summed E-state index contributed by atoms with van der Waals surface area (Å²) >= 11 is 0. The molecule has 0 spiro atoms. The maximum Gasteiger partial charge on any atom is 0.269 e. The summed E-state index contributed by atoms with van der Waals surface area (Å²) in [7, 11) is -2.51. The van der Waals surface area contributed by atoms with Crippen molar-refractivity contribution in [2.24, 2.45) is 0 Å². The van der Waals surface area contributed by atoms with Crippen LogP contribution in [0.2, 0.25) is 0 Å². The lowest BCUT2D eigenvalue weighted by Crippen LogP contribution is -2.36. The highest BCUT2D eigenvalue weighted by Gasteiger charge is 2.19. The minimum atomic E-state index is -3.96. The molecule has 3 aromatic carbocycles. The first-order chi connectivity index (χ1) is 16.4. The molecule has 0 radical (unpaired) electrons. The van der Waals surface area contributed by atoms with Crippen LogP contribution in [-0.2, 0) is 10.0 Å². The number of hydrogen-bond donors (Lipinski definition) is 3. The largest absolute Gasteiger partial charge is 0.495 e. The van der Waals surface area contributed by atoms with Gasteiger partial charge in [0.05, 0.1) is 23.4 Å². The minimum Gasteiger partial charge on any atom is -0.495 e. The lowest BCUT2D eigenvalue weighted by atomic mass is 10.1. The second-order valence-electron chi connectivity index (χ2n) is 7.25. The molecule has 1 heterocycles. The quantitative estimate of drug-likeness (QED) is 0.423. The van der Waals surface area contributed by atoms with Gasteiger partial charge in [0.25, 0.3) is 15.9 Å². The van der Waals surface area contributed by atoms with E-state index in [1.165, 1.54) is 31.4 Å². The number of benzene rings is 3. The van der Waals surface area contributed by atoms with Crippen LogP contribution in [0.15, 0.2) is 78.2 Å². The zero-order valence-electron chi connectivity index (χ0n) is 18.3. The molecular formula is C24H23N3O6S. The fourth-order valence-corrected chi connectivity index (χ4v) is 4.36. The van der Waals surface area contributed by atoms with Gasteiger partial charge in [0.15, 0.2) is 11.5 Å². The highest BCUT2D eigenvalue weighted by molar-refractivity contribution is 7.92.